The molecule has 0 aromatic carbocycles. The molecule has 114 valence electrons. The predicted molar refractivity (Wildman–Crippen MR) is 78.2 cm³/mol. The number of anilines is 1. The molecule has 0 amide bonds. The molecular weight excluding hydrogens is 296 g/mol. The van der Waals surface area contributed by atoms with Crippen LogP contribution >= 0.6 is 9.41 Å². The lowest BCUT2D eigenvalue weighted by Crippen LogP contribution is -2.27. The van der Waals surface area contributed by atoms with Gasteiger partial charge in [-0.1, -0.05) is 0 Å². The first-order chi connectivity index (χ1) is 10.4. The van der Waals surface area contributed by atoms with Crippen molar-refractivity contribution in [3.63, 3.8) is 0 Å². The Labute approximate surface area is 124 Å². The Kier molecular flexibility index (Phi) is 3.24. The third-order valence-electron chi connectivity index (χ3n) is 3.55. The molecule has 2 N–H and O–H groups in total. The van der Waals surface area contributed by atoms with Crippen LogP contribution in [0.15, 0.2) is 6.33 Å². The zero-order chi connectivity index (χ0) is 15.9. The Morgan fingerprint density at radius 2 is 2.52 bits per heavy atom. The second-order valence-corrected chi connectivity index (χ2v) is 5.67. The lowest BCUT2D eigenvalue weighted by molar-refractivity contribution is -0.0526. The Morgan fingerprint density at radius 1 is 1.71 bits per heavy atom. The molecule has 21 heavy (non-hydrogen) atoms. The molecule has 7 nitrogen and oxygen atoms in total. The molecule has 0 saturated carbocycles. The van der Waals surface area contributed by atoms with E-state index in [0.717, 1.165) is 0 Å². The lowest BCUT2D eigenvalue weighted by atomic mass is 10.0. The number of nitrogen functional groups attached to an aromatic ring is 1. The second-order valence-electron chi connectivity index (χ2n) is 5.38. The highest BCUT2D eigenvalue weighted by molar-refractivity contribution is 7.09. The van der Waals surface area contributed by atoms with Gasteiger partial charge in [0.25, 0.3) is 0 Å². The topological polar surface area (TPSA) is 88.1 Å². The summed E-state index contributed by atoms with van der Waals surface area (Å²) in [5, 5.41) is 0. The molecule has 4 atom stereocenters. The van der Waals surface area contributed by atoms with Crippen LogP contribution in [0.5, 0.6) is 0 Å². The smallest absolute Gasteiger partial charge is 0.170 e. The zero-order valence-electron chi connectivity index (χ0n) is 12.7. The monoisotopic (exact) mass is 314 g/mol. The van der Waals surface area contributed by atoms with Crippen molar-refractivity contribution in [2.24, 2.45) is 0 Å². The quantitative estimate of drug-likeness (QED) is 0.861. The van der Waals surface area contributed by atoms with Gasteiger partial charge < -0.3 is 15.0 Å². The van der Waals surface area contributed by atoms with Crippen LogP contribution in [0.2, 0.25) is 0 Å². The van der Waals surface area contributed by atoms with E-state index in [1.54, 1.807) is 11.5 Å². The molecule has 1 aliphatic heterocycles. The Bertz CT molecular complexity index is 697. The SMILES string of the molecule is [2H]POC[C@@H]1C[C@@](C)(F)[C@H](n2cnc3c(N)nc(C)nc32)O1. The van der Waals surface area contributed by atoms with Crippen molar-refractivity contribution in [2.75, 3.05) is 12.3 Å². The number of rotatable bonds is 4. The van der Waals surface area contributed by atoms with Crippen LogP contribution in [0, 0.1) is 6.92 Å². The number of hydrogen-bond acceptors (Lipinski definition) is 6. The van der Waals surface area contributed by atoms with Crippen molar-refractivity contribution in [1.82, 2.24) is 19.5 Å². The summed E-state index contributed by atoms with van der Waals surface area (Å²) < 4.78 is 34.3. The van der Waals surface area contributed by atoms with E-state index in [1.165, 1.54) is 13.3 Å². The number of nitrogens with two attached hydrogens (primary N) is 1. The van der Waals surface area contributed by atoms with Gasteiger partial charge in [-0.2, -0.15) is 0 Å². The molecule has 9 heteroatoms. The normalized spacial score (nSPS) is 30.5. The fourth-order valence-corrected chi connectivity index (χ4v) is 2.87. The second kappa shape index (κ2) is 5.12. The highest BCUT2D eigenvalue weighted by Gasteiger charge is 2.47. The Balaban J connectivity index is 1.96. The van der Waals surface area contributed by atoms with Gasteiger partial charge in [0, 0.05) is 15.8 Å². The van der Waals surface area contributed by atoms with Gasteiger partial charge in [0.1, 0.15) is 11.3 Å². The molecule has 2 aromatic heterocycles. The zero-order valence-corrected chi connectivity index (χ0v) is 12.7. The van der Waals surface area contributed by atoms with Crippen LogP contribution in [-0.2, 0) is 9.26 Å². The number of imidazole rings is 1. The van der Waals surface area contributed by atoms with Crippen molar-refractivity contribution in [1.29, 1.82) is 1.28 Å². The summed E-state index contributed by atoms with van der Waals surface area (Å²) in [5.41, 5.74) is 5.11. The Hall–Kier alpha value is -1.37. The minimum Gasteiger partial charge on any atom is -0.382 e. The first-order valence-electron chi connectivity index (χ1n) is 7.02. The van der Waals surface area contributed by atoms with Crippen LogP contribution in [0.4, 0.5) is 10.2 Å². The average molecular weight is 314 g/mol. The van der Waals surface area contributed by atoms with Crippen molar-refractivity contribution < 1.29 is 13.7 Å². The number of nitrogens with zero attached hydrogens (tertiary/aromatic N) is 4. The molecule has 0 spiro atoms. The van der Waals surface area contributed by atoms with Crippen LogP contribution in [-0.4, -0.2) is 39.2 Å². The number of ether oxygens (including phenoxy) is 1. The van der Waals surface area contributed by atoms with E-state index in [9.17, 15) is 4.39 Å². The van der Waals surface area contributed by atoms with E-state index in [2.05, 4.69) is 15.0 Å². The fraction of sp³-hybridized carbons (Fsp3) is 0.583. The van der Waals surface area contributed by atoms with Gasteiger partial charge in [-0.3, -0.25) is 4.57 Å². The number of hydrogen-bond donors (Lipinski definition) is 1. The van der Waals surface area contributed by atoms with Gasteiger partial charge in [0.15, 0.2) is 23.4 Å². The first kappa shape index (κ1) is 13.3. The minimum atomic E-state index is -1.60. The van der Waals surface area contributed by atoms with E-state index in [-0.39, 0.29) is 18.8 Å². The minimum absolute atomic E-state index is 0.182. The highest BCUT2D eigenvalue weighted by Crippen LogP contribution is 2.42. The number of aromatic nitrogens is 4. The molecule has 0 aliphatic carbocycles. The molecule has 1 unspecified atom stereocenters. The molecule has 3 heterocycles. The summed E-state index contributed by atoms with van der Waals surface area (Å²) in [5.74, 6) is 0.746. The average Bonchev–Trinajstić information content (AvgIpc) is 2.96. The van der Waals surface area contributed by atoms with Crippen molar-refractivity contribution >= 4 is 26.4 Å². The third-order valence-corrected chi connectivity index (χ3v) is 3.71. The molecule has 0 bridgehead atoms. The van der Waals surface area contributed by atoms with E-state index in [0.29, 0.717) is 17.0 Å². The molecule has 3 rings (SSSR count). The highest BCUT2D eigenvalue weighted by atomic mass is 31.0. The predicted octanol–water partition coefficient (Wildman–Crippen LogP) is 1.54. The van der Waals surface area contributed by atoms with Crippen LogP contribution in [0.25, 0.3) is 11.2 Å². The Morgan fingerprint density at radius 3 is 3.29 bits per heavy atom. The van der Waals surface area contributed by atoms with Gasteiger partial charge in [0.05, 0.1) is 20.3 Å². The van der Waals surface area contributed by atoms with Crippen LogP contribution < -0.4 is 5.73 Å². The van der Waals surface area contributed by atoms with Gasteiger partial charge in [-0.05, 0) is 13.8 Å². The lowest BCUT2D eigenvalue weighted by Gasteiger charge is -2.22. The van der Waals surface area contributed by atoms with Crippen molar-refractivity contribution in [2.45, 2.75) is 38.3 Å². The molecule has 1 fully saturated rings. The maximum Gasteiger partial charge on any atom is 0.170 e. The summed E-state index contributed by atoms with van der Waals surface area (Å²) >= 11 is 0. The van der Waals surface area contributed by atoms with E-state index < -0.39 is 27.4 Å². The fourth-order valence-electron chi connectivity index (χ4n) is 2.69. The van der Waals surface area contributed by atoms with Crippen LogP contribution in [0.3, 0.4) is 0 Å². The molecule has 2 aromatic rings. The summed E-state index contributed by atoms with van der Waals surface area (Å²) in [4.78, 5) is 12.5. The third kappa shape index (κ3) is 2.47. The van der Waals surface area contributed by atoms with E-state index in [4.69, 9.17) is 16.3 Å². The van der Waals surface area contributed by atoms with Crippen molar-refractivity contribution in [3.8, 4) is 0 Å². The number of alkyl halides is 1. The standard InChI is InChI=1S/C12H17FN5O2P/c1-6-16-9(14)8-10(17-6)18(5-15-8)11-12(2,13)3-7(20-11)4-19-21/h5,7,11H,3-4,21H2,1-2H3,(H2,14,16,17)/t7-,11+,12+/m0/s1/i21D/t7-,11+,12+,21?. The molecule has 0 radical (unpaired) electrons. The largest absolute Gasteiger partial charge is 0.382 e. The number of fused-ring (bicyclic) bond motifs is 1. The number of halogens is 1. The molecular formula is C12H17FN5O2P. The van der Waals surface area contributed by atoms with Gasteiger partial charge in [-0.15, -0.1) is 0 Å². The summed E-state index contributed by atoms with van der Waals surface area (Å²) in [7, 11) is -0.396. The van der Waals surface area contributed by atoms with Crippen LogP contribution in [0.1, 0.15) is 25.4 Å². The van der Waals surface area contributed by atoms with E-state index >= 15 is 0 Å². The summed E-state index contributed by atoms with van der Waals surface area (Å²) in [6.45, 7) is 3.38. The summed E-state index contributed by atoms with van der Waals surface area (Å²) in [6, 6.07) is 0. The summed E-state index contributed by atoms with van der Waals surface area (Å²) in [6.07, 6.45) is 0.374. The maximum absolute atomic E-state index is 14.9. The molecule has 1 saturated heterocycles. The van der Waals surface area contributed by atoms with Gasteiger partial charge in [-0.25, -0.2) is 19.3 Å². The van der Waals surface area contributed by atoms with Gasteiger partial charge >= 0.3 is 0 Å². The van der Waals surface area contributed by atoms with Gasteiger partial charge in [0.2, 0.25) is 0 Å². The molecule has 1 aliphatic rings. The maximum atomic E-state index is 14.9. The number of aryl methyl sites for hydroxylation is 1. The van der Waals surface area contributed by atoms with Crippen molar-refractivity contribution in [3.05, 3.63) is 12.2 Å². The first-order valence-corrected chi connectivity index (χ1v) is 6.93. The van der Waals surface area contributed by atoms with E-state index in [1.807, 2.05) is 0 Å².